The van der Waals surface area contributed by atoms with E-state index in [9.17, 15) is 9.18 Å². The average Bonchev–Trinajstić information content (AvgIpc) is 3.26. The van der Waals surface area contributed by atoms with E-state index in [1.54, 1.807) is 18.2 Å². The first-order valence-corrected chi connectivity index (χ1v) is 8.46. The maximum absolute atomic E-state index is 13.6. The number of amides is 1. The van der Waals surface area contributed by atoms with Crippen LogP contribution in [0.15, 0.2) is 44.9 Å². The second kappa shape index (κ2) is 5.98. The molecular formula is C16H16FN3O2S. The topological polar surface area (TPSA) is 67.2 Å². The highest BCUT2D eigenvalue weighted by atomic mass is 32.2. The number of carbonyl (C=O) groups is 1. The molecule has 2 aromatic rings. The fraction of sp³-hybridized carbons (Fsp3) is 0.375. The first-order valence-electron chi connectivity index (χ1n) is 7.64. The highest BCUT2D eigenvalue weighted by Gasteiger charge is 2.40. The van der Waals surface area contributed by atoms with E-state index in [2.05, 4.69) is 15.6 Å². The van der Waals surface area contributed by atoms with Gasteiger partial charge in [0.25, 0.3) is 5.89 Å². The molecule has 120 valence electrons. The Morgan fingerprint density at radius 1 is 1.39 bits per heavy atom. The van der Waals surface area contributed by atoms with E-state index >= 15 is 0 Å². The van der Waals surface area contributed by atoms with Gasteiger partial charge in [-0.15, -0.1) is 0 Å². The van der Waals surface area contributed by atoms with Crippen molar-refractivity contribution < 1.29 is 13.6 Å². The summed E-state index contributed by atoms with van der Waals surface area (Å²) in [6, 6.07) is 7.42. The number of carbonyl (C=O) groups excluding carboxylic acids is 1. The van der Waals surface area contributed by atoms with Crippen LogP contribution >= 0.6 is 11.8 Å². The van der Waals surface area contributed by atoms with Crippen LogP contribution in [0.1, 0.15) is 29.9 Å². The van der Waals surface area contributed by atoms with Gasteiger partial charge in [0.05, 0.1) is 11.1 Å². The number of nitrogens with one attached hydrogen (secondary N) is 2. The molecule has 1 aromatic carbocycles. The average molecular weight is 333 g/mol. The molecule has 23 heavy (non-hydrogen) atoms. The van der Waals surface area contributed by atoms with Crippen molar-refractivity contribution in [1.29, 1.82) is 0 Å². The monoisotopic (exact) mass is 333 g/mol. The molecule has 2 bridgehead atoms. The standard InChI is InChI=1S/C16H16FN3O2S/c17-10-3-1-2-4-13(10)23-14-8-18-16(22-14)15(21)20-12-7-9-5-6-11(12)19-9/h1-4,8-9,11-12,19H,5-7H2,(H,20,21)/t9-,11+,12-/m1/s1. The molecule has 2 aliphatic heterocycles. The highest BCUT2D eigenvalue weighted by Crippen LogP contribution is 2.31. The molecule has 3 heterocycles. The third-order valence-corrected chi connectivity index (χ3v) is 5.28. The zero-order valence-electron chi connectivity index (χ0n) is 12.3. The minimum Gasteiger partial charge on any atom is -0.425 e. The molecular weight excluding hydrogens is 317 g/mol. The lowest BCUT2D eigenvalue weighted by Crippen LogP contribution is -2.43. The molecule has 1 amide bonds. The van der Waals surface area contributed by atoms with Crippen LogP contribution in [0.3, 0.4) is 0 Å². The third-order valence-electron chi connectivity index (χ3n) is 4.34. The molecule has 0 spiro atoms. The van der Waals surface area contributed by atoms with Gasteiger partial charge in [-0.3, -0.25) is 4.79 Å². The number of benzene rings is 1. The van der Waals surface area contributed by atoms with Gasteiger partial charge in [0.1, 0.15) is 5.82 Å². The molecule has 2 aliphatic rings. The van der Waals surface area contributed by atoms with Gasteiger partial charge >= 0.3 is 5.91 Å². The molecule has 4 rings (SSSR count). The van der Waals surface area contributed by atoms with Gasteiger partial charge in [0.2, 0.25) is 0 Å². The fourth-order valence-electron chi connectivity index (χ4n) is 3.26. The van der Waals surface area contributed by atoms with Gasteiger partial charge in [-0.25, -0.2) is 9.37 Å². The molecule has 2 fully saturated rings. The van der Waals surface area contributed by atoms with E-state index in [1.165, 1.54) is 18.7 Å². The maximum Gasteiger partial charge on any atom is 0.307 e. The van der Waals surface area contributed by atoms with Crippen LogP contribution in [0.2, 0.25) is 0 Å². The van der Waals surface area contributed by atoms with Crippen LogP contribution in [0.5, 0.6) is 0 Å². The predicted molar refractivity (Wildman–Crippen MR) is 82.8 cm³/mol. The lowest BCUT2D eigenvalue weighted by atomic mass is 9.95. The van der Waals surface area contributed by atoms with E-state index in [0.29, 0.717) is 22.1 Å². The Hall–Kier alpha value is -1.86. The summed E-state index contributed by atoms with van der Waals surface area (Å²) in [5.74, 6) is -0.621. The number of oxazole rings is 1. The lowest BCUT2D eigenvalue weighted by molar-refractivity contribution is 0.0890. The summed E-state index contributed by atoms with van der Waals surface area (Å²) >= 11 is 1.11. The third kappa shape index (κ3) is 2.98. The largest absolute Gasteiger partial charge is 0.425 e. The molecule has 7 heteroatoms. The molecule has 0 saturated carbocycles. The highest BCUT2D eigenvalue weighted by molar-refractivity contribution is 7.99. The quantitative estimate of drug-likeness (QED) is 0.900. The molecule has 0 aliphatic carbocycles. The van der Waals surface area contributed by atoms with E-state index in [1.807, 2.05) is 0 Å². The number of fused-ring (bicyclic) bond motifs is 2. The molecule has 5 nitrogen and oxygen atoms in total. The summed E-state index contributed by atoms with van der Waals surface area (Å²) in [4.78, 5) is 16.7. The zero-order chi connectivity index (χ0) is 15.8. The molecule has 0 unspecified atom stereocenters. The Morgan fingerprint density at radius 2 is 2.26 bits per heavy atom. The van der Waals surface area contributed by atoms with Crippen molar-refractivity contribution in [2.45, 2.75) is 47.4 Å². The van der Waals surface area contributed by atoms with Crippen molar-refractivity contribution in [3.8, 4) is 0 Å². The number of rotatable bonds is 4. The number of nitrogens with zero attached hydrogens (tertiary/aromatic N) is 1. The summed E-state index contributed by atoms with van der Waals surface area (Å²) in [6.07, 6.45) is 4.67. The second-order valence-electron chi connectivity index (χ2n) is 5.88. The fourth-order valence-corrected chi connectivity index (χ4v) is 4.02. The molecule has 0 radical (unpaired) electrons. The normalized spacial score (nSPS) is 25.7. The van der Waals surface area contributed by atoms with Crippen LogP contribution in [-0.2, 0) is 0 Å². The summed E-state index contributed by atoms with van der Waals surface area (Å²) in [6.45, 7) is 0. The smallest absolute Gasteiger partial charge is 0.307 e. The number of hydrogen-bond acceptors (Lipinski definition) is 5. The van der Waals surface area contributed by atoms with Gasteiger partial charge in [-0.1, -0.05) is 12.1 Å². The molecule has 3 atom stereocenters. The summed E-state index contributed by atoms with van der Waals surface area (Å²) < 4.78 is 19.1. The van der Waals surface area contributed by atoms with Gasteiger partial charge in [-0.2, -0.15) is 0 Å². The van der Waals surface area contributed by atoms with Crippen molar-refractivity contribution >= 4 is 17.7 Å². The summed E-state index contributed by atoms with van der Waals surface area (Å²) in [5, 5.41) is 6.84. The molecule has 2 N–H and O–H groups in total. The Morgan fingerprint density at radius 3 is 3.00 bits per heavy atom. The van der Waals surface area contributed by atoms with Gasteiger partial charge in [0.15, 0.2) is 5.09 Å². The van der Waals surface area contributed by atoms with E-state index < -0.39 is 0 Å². The van der Waals surface area contributed by atoms with Crippen LogP contribution in [0.25, 0.3) is 0 Å². The van der Waals surface area contributed by atoms with E-state index in [-0.39, 0.29) is 23.7 Å². The minimum absolute atomic E-state index is 0.0200. The summed E-state index contributed by atoms with van der Waals surface area (Å²) in [7, 11) is 0. The van der Waals surface area contributed by atoms with Crippen molar-refractivity contribution in [1.82, 2.24) is 15.6 Å². The van der Waals surface area contributed by atoms with Gasteiger partial charge < -0.3 is 15.1 Å². The Bertz CT molecular complexity index is 736. The Kier molecular flexibility index (Phi) is 3.82. The van der Waals surface area contributed by atoms with Crippen molar-refractivity contribution in [3.05, 3.63) is 42.2 Å². The maximum atomic E-state index is 13.6. The Balaban J connectivity index is 1.41. The zero-order valence-corrected chi connectivity index (χ0v) is 13.1. The SMILES string of the molecule is O=C(N[C@@H]1C[C@H]2CC[C@@H]1N2)c1ncc(Sc2ccccc2F)o1. The van der Waals surface area contributed by atoms with Crippen molar-refractivity contribution in [2.75, 3.05) is 0 Å². The second-order valence-corrected chi connectivity index (χ2v) is 6.93. The number of aromatic nitrogens is 1. The van der Waals surface area contributed by atoms with Crippen LogP contribution in [0, 0.1) is 5.82 Å². The Labute approximate surface area is 137 Å². The van der Waals surface area contributed by atoms with Crippen LogP contribution < -0.4 is 10.6 Å². The predicted octanol–water partition coefficient (Wildman–Crippen LogP) is 2.59. The van der Waals surface area contributed by atoms with Gasteiger partial charge in [0, 0.05) is 18.1 Å². The number of halogens is 1. The van der Waals surface area contributed by atoms with Crippen molar-refractivity contribution in [3.63, 3.8) is 0 Å². The van der Waals surface area contributed by atoms with Crippen LogP contribution in [0.4, 0.5) is 4.39 Å². The molecule has 2 saturated heterocycles. The lowest BCUT2D eigenvalue weighted by Gasteiger charge is -2.20. The molecule has 1 aromatic heterocycles. The number of hydrogen-bond donors (Lipinski definition) is 2. The minimum atomic E-state index is -0.326. The van der Waals surface area contributed by atoms with Gasteiger partial charge in [-0.05, 0) is 43.2 Å². The summed E-state index contributed by atoms with van der Waals surface area (Å²) in [5.41, 5.74) is 0. The van der Waals surface area contributed by atoms with E-state index in [4.69, 9.17) is 4.42 Å². The van der Waals surface area contributed by atoms with Crippen LogP contribution in [-0.4, -0.2) is 29.0 Å². The first-order chi connectivity index (χ1) is 11.2. The van der Waals surface area contributed by atoms with Crippen molar-refractivity contribution in [2.24, 2.45) is 0 Å². The first kappa shape index (κ1) is 14.7. The van der Waals surface area contributed by atoms with E-state index in [0.717, 1.165) is 24.6 Å².